The molecule has 0 radical (unpaired) electrons. The molecule has 28 heavy (non-hydrogen) atoms. The quantitative estimate of drug-likeness (QED) is 0.457. The lowest BCUT2D eigenvalue weighted by Crippen LogP contribution is -2.12. The lowest BCUT2D eigenvalue weighted by atomic mass is 10.1. The summed E-state index contributed by atoms with van der Waals surface area (Å²) in [5.41, 5.74) is 1.62. The van der Waals surface area contributed by atoms with E-state index >= 15 is 0 Å². The monoisotopic (exact) mass is 462 g/mol. The van der Waals surface area contributed by atoms with Crippen molar-refractivity contribution in [1.29, 1.82) is 0 Å². The molecule has 3 N–H and O–H groups in total. The summed E-state index contributed by atoms with van der Waals surface area (Å²) >= 11 is 3.45. The Balaban J connectivity index is 1.99. The molecule has 0 spiro atoms. The zero-order valence-corrected chi connectivity index (χ0v) is 17.4. The third kappa shape index (κ3) is 4.80. The molecule has 0 bridgehead atoms. The van der Waals surface area contributed by atoms with Gasteiger partial charge in [0.25, 0.3) is 10.1 Å². The topological polar surface area (TPSA) is 96.3 Å². The lowest BCUT2D eigenvalue weighted by molar-refractivity contribution is 0.483. The fourth-order valence-corrected chi connectivity index (χ4v) is 3.62. The molecule has 0 saturated carbocycles. The van der Waals surface area contributed by atoms with Crippen LogP contribution in [0.3, 0.4) is 0 Å². The van der Waals surface area contributed by atoms with E-state index < -0.39 is 10.1 Å². The van der Waals surface area contributed by atoms with E-state index in [4.69, 9.17) is 0 Å². The van der Waals surface area contributed by atoms with Crippen LogP contribution in [0, 0.1) is 0 Å². The van der Waals surface area contributed by atoms with Crippen molar-refractivity contribution >= 4 is 43.4 Å². The Bertz CT molecular complexity index is 1100. The summed E-state index contributed by atoms with van der Waals surface area (Å²) in [6, 6.07) is 15.9. The summed E-state index contributed by atoms with van der Waals surface area (Å²) in [4.78, 5) is -0.185. The molecule has 7 nitrogen and oxygen atoms in total. The zero-order chi connectivity index (χ0) is 20.1. The van der Waals surface area contributed by atoms with Crippen LogP contribution in [0.4, 0.5) is 11.5 Å². The first-order valence-corrected chi connectivity index (χ1v) is 10.6. The van der Waals surface area contributed by atoms with Gasteiger partial charge in [-0.25, -0.2) is 4.68 Å². The summed E-state index contributed by atoms with van der Waals surface area (Å²) in [6.07, 6.45) is 4.26. The number of halogens is 1. The highest BCUT2D eigenvalue weighted by Crippen LogP contribution is 2.26. The van der Waals surface area contributed by atoms with Crippen molar-refractivity contribution in [2.75, 3.05) is 17.7 Å². The molecule has 2 aromatic carbocycles. The number of anilines is 2. The number of nitrogens with one attached hydrogen (secondary N) is 2. The highest BCUT2D eigenvalue weighted by Gasteiger charge is 2.14. The minimum Gasteiger partial charge on any atom is -0.372 e. The van der Waals surface area contributed by atoms with Gasteiger partial charge in [-0.15, -0.1) is 0 Å². The average Bonchev–Trinajstić information content (AvgIpc) is 3.06. The van der Waals surface area contributed by atoms with Crippen LogP contribution in [0.25, 0.3) is 5.82 Å². The molecule has 0 aliphatic heterocycles. The van der Waals surface area contributed by atoms with Crippen molar-refractivity contribution in [3.8, 4) is 0 Å². The second-order valence-corrected chi connectivity index (χ2v) is 8.19. The number of allylic oxidation sites excluding steroid dienone is 1. The van der Waals surface area contributed by atoms with Gasteiger partial charge in [-0.3, -0.25) is 4.55 Å². The number of aromatic nitrogens is 2. The summed E-state index contributed by atoms with van der Waals surface area (Å²) in [7, 11) is -2.51. The van der Waals surface area contributed by atoms with E-state index in [2.05, 4.69) is 31.7 Å². The van der Waals surface area contributed by atoms with Gasteiger partial charge in [0.15, 0.2) is 0 Å². The van der Waals surface area contributed by atoms with Crippen LogP contribution in [0.2, 0.25) is 0 Å². The number of benzene rings is 2. The lowest BCUT2D eigenvalue weighted by Gasteiger charge is -2.15. The second kappa shape index (κ2) is 8.59. The van der Waals surface area contributed by atoms with E-state index in [0.29, 0.717) is 17.9 Å². The first-order chi connectivity index (χ1) is 13.4. The first-order valence-electron chi connectivity index (χ1n) is 8.39. The molecule has 0 amide bonds. The zero-order valence-electron chi connectivity index (χ0n) is 15.0. The summed E-state index contributed by atoms with van der Waals surface area (Å²) in [5, 5.41) is 10.6. The molecule has 0 unspecified atom stereocenters. The van der Waals surface area contributed by atoms with Crippen LogP contribution in [0.1, 0.15) is 5.56 Å². The van der Waals surface area contributed by atoms with Crippen molar-refractivity contribution < 1.29 is 13.0 Å². The number of nitrogens with zero attached hydrogens (tertiary/aromatic N) is 2. The van der Waals surface area contributed by atoms with E-state index in [1.54, 1.807) is 30.1 Å². The molecule has 1 heterocycles. The minimum atomic E-state index is -4.29. The highest BCUT2D eigenvalue weighted by molar-refractivity contribution is 9.10. The second-order valence-electron chi connectivity index (χ2n) is 5.91. The van der Waals surface area contributed by atoms with Gasteiger partial charge in [0.2, 0.25) is 0 Å². The van der Waals surface area contributed by atoms with Gasteiger partial charge in [0.05, 0.1) is 15.6 Å². The molecular weight excluding hydrogens is 444 g/mol. The highest BCUT2D eigenvalue weighted by atomic mass is 79.9. The molecule has 9 heteroatoms. The third-order valence-electron chi connectivity index (χ3n) is 3.97. The van der Waals surface area contributed by atoms with Crippen LogP contribution >= 0.6 is 15.9 Å². The van der Waals surface area contributed by atoms with Crippen molar-refractivity contribution in [1.82, 2.24) is 9.78 Å². The molecule has 1 aromatic heterocycles. The van der Waals surface area contributed by atoms with Crippen LogP contribution in [-0.4, -0.2) is 29.8 Å². The molecular formula is C19H19BrN4O3S. The van der Waals surface area contributed by atoms with Crippen molar-refractivity contribution in [2.45, 2.75) is 11.3 Å². The van der Waals surface area contributed by atoms with Crippen LogP contribution in [0.5, 0.6) is 0 Å². The Morgan fingerprint density at radius 2 is 1.96 bits per heavy atom. The fraction of sp³-hybridized carbons (Fsp3) is 0.105. The Morgan fingerprint density at radius 3 is 2.64 bits per heavy atom. The molecule has 0 saturated heterocycles. The minimum absolute atomic E-state index is 0.185. The van der Waals surface area contributed by atoms with E-state index in [9.17, 15) is 13.0 Å². The average molecular weight is 463 g/mol. The van der Waals surface area contributed by atoms with Gasteiger partial charge >= 0.3 is 0 Å². The third-order valence-corrected chi connectivity index (χ3v) is 5.40. The Labute approximate surface area is 172 Å². The maximum Gasteiger partial charge on any atom is 0.294 e. The molecule has 146 valence electrons. The van der Waals surface area contributed by atoms with E-state index in [1.807, 2.05) is 36.4 Å². The van der Waals surface area contributed by atoms with Gasteiger partial charge in [0.1, 0.15) is 11.6 Å². The Kier molecular flexibility index (Phi) is 6.18. The van der Waals surface area contributed by atoms with Gasteiger partial charge in [0, 0.05) is 12.7 Å². The van der Waals surface area contributed by atoms with Crippen molar-refractivity contribution in [3.05, 3.63) is 76.9 Å². The molecule has 0 fully saturated rings. The summed E-state index contributed by atoms with van der Waals surface area (Å²) in [6.45, 7) is 0. The largest absolute Gasteiger partial charge is 0.372 e. The van der Waals surface area contributed by atoms with Crippen LogP contribution < -0.4 is 10.6 Å². The van der Waals surface area contributed by atoms with E-state index in [0.717, 1.165) is 15.9 Å². The number of hydrogen-bond acceptors (Lipinski definition) is 5. The maximum atomic E-state index is 11.4. The molecule has 0 aliphatic carbocycles. The number of hydrogen-bond donors (Lipinski definition) is 3. The molecule has 3 rings (SSSR count). The van der Waals surface area contributed by atoms with Gasteiger partial charge in [-0.05, 0) is 52.2 Å². The predicted octanol–water partition coefficient (Wildman–Crippen LogP) is 4.09. The number of rotatable bonds is 7. The van der Waals surface area contributed by atoms with Gasteiger partial charge in [-0.1, -0.05) is 36.4 Å². The van der Waals surface area contributed by atoms with Crippen LogP contribution in [-0.2, 0) is 16.5 Å². The fourth-order valence-electron chi connectivity index (χ4n) is 2.64. The summed E-state index contributed by atoms with van der Waals surface area (Å²) in [5.74, 6) is 1.36. The smallest absolute Gasteiger partial charge is 0.294 e. The predicted molar refractivity (Wildman–Crippen MR) is 114 cm³/mol. The maximum absolute atomic E-state index is 11.4. The molecule has 0 aliphatic rings. The molecule has 3 aromatic rings. The van der Waals surface area contributed by atoms with Crippen LogP contribution in [0.15, 0.2) is 76.2 Å². The van der Waals surface area contributed by atoms with E-state index in [1.165, 1.54) is 12.1 Å². The normalized spacial score (nSPS) is 12.0. The van der Waals surface area contributed by atoms with E-state index in [-0.39, 0.29) is 4.90 Å². The van der Waals surface area contributed by atoms with Gasteiger partial charge < -0.3 is 10.6 Å². The SMILES string of the molecule is CNc1c(Br)cnn1/C(=C\Cc1ccccc1)Nc1cccc(S(=O)(=O)O)c1. The first kappa shape index (κ1) is 20.1. The Hall–Kier alpha value is -2.62. The van der Waals surface area contributed by atoms with Crippen molar-refractivity contribution in [2.24, 2.45) is 0 Å². The van der Waals surface area contributed by atoms with Crippen molar-refractivity contribution in [3.63, 3.8) is 0 Å². The molecule has 0 atom stereocenters. The Morgan fingerprint density at radius 1 is 1.21 bits per heavy atom. The van der Waals surface area contributed by atoms with Gasteiger partial charge in [-0.2, -0.15) is 13.5 Å². The summed E-state index contributed by atoms with van der Waals surface area (Å²) < 4.78 is 34.6. The standard InChI is InChI=1S/C19H19BrN4O3S/c1-21-19-17(20)13-22-24(19)18(11-10-14-6-3-2-4-7-14)23-15-8-5-9-16(12-15)28(25,26)27/h2-9,11-13,21,23H,10H2,1H3,(H,25,26,27)/b18-11-.